The van der Waals surface area contributed by atoms with Crippen LogP contribution in [0.15, 0.2) is 17.5 Å². The SMILES string of the molecule is Cc1ccsc1/C=C/C(=O)NCC(C)(C)CCCO. The molecule has 0 saturated carbocycles. The number of carbonyl (C=O) groups excluding carboxylic acids is 1. The largest absolute Gasteiger partial charge is 0.396 e. The first kappa shape index (κ1) is 15.9. The maximum Gasteiger partial charge on any atom is 0.244 e. The smallest absolute Gasteiger partial charge is 0.244 e. The van der Waals surface area contributed by atoms with Gasteiger partial charge in [-0.1, -0.05) is 13.8 Å². The normalized spacial score (nSPS) is 12.0. The molecule has 1 aromatic heterocycles. The highest BCUT2D eigenvalue weighted by Crippen LogP contribution is 2.21. The average Bonchev–Trinajstić information content (AvgIpc) is 2.77. The van der Waals surface area contributed by atoms with Crippen LogP contribution in [-0.4, -0.2) is 24.2 Å². The van der Waals surface area contributed by atoms with Crippen LogP contribution in [0.3, 0.4) is 0 Å². The molecule has 0 aromatic carbocycles. The van der Waals surface area contributed by atoms with Gasteiger partial charge < -0.3 is 10.4 Å². The molecule has 1 aromatic rings. The summed E-state index contributed by atoms with van der Waals surface area (Å²) in [6.07, 6.45) is 5.11. The summed E-state index contributed by atoms with van der Waals surface area (Å²) in [6.45, 7) is 7.05. The summed E-state index contributed by atoms with van der Waals surface area (Å²) in [5.74, 6) is -0.0649. The topological polar surface area (TPSA) is 49.3 Å². The lowest BCUT2D eigenvalue weighted by Crippen LogP contribution is -2.33. The number of aliphatic hydroxyl groups is 1. The van der Waals surface area contributed by atoms with Gasteiger partial charge in [-0.25, -0.2) is 0 Å². The van der Waals surface area contributed by atoms with E-state index in [1.165, 1.54) is 5.56 Å². The molecule has 0 fully saturated rings. The van der Waals surface area contributed by atoms with Crippen LogP contribution in [0.4, 0.5) is 0 Å². The molecule has 106 valence electrons. The Morgan fingerprint density at radius 1 is 1.53 bits per heavy atom. The zero-order chi connectivity index (χ0) is 14.3. The Hall–Kier alpha value is -1.13. The quantitative estimate of drug-likeness (QED) is 0.755. The van der Waals surface area contributed by atoms with Crippen LogP contribution in [0.5, 0.6) is 0 Å². The second-order valence-electron chi connectivity index (χ2n) is 5.51. The fourth-order valence-corrected chi connectivity index (χ4v) is 2.56. The van der Waals surface area contributed by atoms with E-state index in [4.69, 9.17) is 5.11 Å². The number of nitrogens with one attached hydrogen (secondary N) is 1. The lowest BCUT2D eigenvalue weighted by molar-refractivity contribution is -0.116. The molecule has 1 heterocycles. The summed E-state index contributed by atoms with van der Waals surface area (Å²) in [6, 6.07) is 2.04. The van der Waals surface area contributed by atoms with Crippen molar-refractivity contribution in [2.75, 3.05) is 13.2 Å². The van der Waals surface area contributed by atoms with E-state index in [1.54, 1.807) is 17.4 Å². The standard InChI is InChI=1S/C15H23NO2S/c1-12-7-10-19-13(12)5-6-14(18)16-11-15(2,3)8-4-9-17/h5-7,10,17H,4,8-9,11H2,1-3H3,(H,16,18)/b6-5+. The van der Waals surface area contributed by atoms with Gasteiger partial charge in [-0.2, -0.15) is 0 Å². The summed E-state index contributed by atoms with van der Waals surface area (Å²) < 4.78 is 0. The van der Waals surface area contributed by atoms with E-state index in [2.05, 4.69) is 19.2 Å². The number of thiophene rings is 1. The highest BCUT2D eigenvalue weighted by molar-refractivity contribution is 7.11. The van der Waals surface area contributed by atoms with E-state index >= 15 is 0 Å². The second-order valence-corrected chi connectivity index (χ2v) is 6.46. The minimum absolute atomic E-state index is 0.0189. The molecule has 3 nitrogen and oxygen atoms in total. The molecule has 2 N–H and O–H groups in total. The van der Waals surface area contributed by atoms with Gasteiger partial charge in [-0.05, 0) is 48.3 Å². The third-order valence-corrected chi connectivity index (χ3v) is 4.02. The predicted octanol–water partition coefficient (Wildman–Crippen LogP) is 2.98. The predicted molar refractivity (Wildman–Crippen MR) is 81.2 cm³/mol. The Balaban J connectivity index is 2.39. The number of carbonyl (C=O) groups is 1. The van der Waals surface area contributed by atoms with Gasteiger partial charge in [0, 0.05) is 24.1 Å². The van der Waals surface area contributed by atoms with Gasteiger partial charge in [0.1, 0.15) is 0 Å². The van der Waals surface area contributed by atoms with Gasteiger partial charge in [-0.3, -0.25) is 4.79 Å². The van der Waals surface area contributed by atoms with Gasteiger partial charge >= 0.3 is 0 Å². The van der Waals surface area contributed by atoms with Crippen molar-refractivity contribution in [3.63, 3.8) is 0 Å². The van der Waals surface area contributed by atoms with Crippen molar-refractivity contribution in [3.05, 3.63) is 28.0 Å². The average molecular weight is 281 g/mol. The third kappa shape index (κ3) is 6.03. The van der Waals surface area contributed by atoms with Crippen LogP contribution in [0, 0.1) is 12.3 Å². The summed E-state index contributed by atoms with van der Waals surface area (Å²) in [4.78, 5) is 12.8. The lowest BCUT2D eigenvalue weighted by atomic mass is 9.88. The first-order chi connectivity index (χ1) is 8.94. The molecule has 1 rings (SSSR count). The van der Waals surface area contributed by atoms with Crippen LogP contribution >= 0.6 is 11.3 Å². The minimum atomic E-state index is -0.0649. The zero-order valence-electron chi connectivity index (χ0n) is 11.9. The van der Waals surface area contributed by atoms with Crippen molar-refractivity contribution >= 4 is 23.3 Å². The number of amides is 1. The maximum atomic E-state index is 11.7. The number of aryl methyl sites for hydroxylation is 1. The summed E-state index contributed by atoms with van der Waals surface area (Å²) in [5.41, 5.74) is 1.21. The molecular formula is C15H23NO2S. The van der Waals surface area contributed by atoms with Crippen molar-refractivity contribution < 1.29 is 9.90 Å². The highest BCUT2D eigenvalue weighted by atomic mass is 32.1. The third-order valence-electron chi connectivity index (χ3n) is 3.04. The number of rotatable bonds is 7. The molecule has 0 bridgehead atoms. The molecule has 0 aliphatic heterocycles. The van der Waals surface area contributed by atoms with E-state index in [-0.39, 0.29) is 17.9 Å². The van der Waals surface area contributed by atoms with Crippen molar-refractivity contribution in [2.24, 2.45) is 5.41 Å². The number of hydrogen-bond acceptors (Lipinski definition) is 3. The fraction of sp³-hybridized carbons (Fsp3) is 0.533. The van der Waals surface area contributed by atoms with Crippen LogP contribution in [0.25, 0.3) is 6.08 Å². The Labute approximate surface area is 119 Å². The summed E-state index contributed by atoms with van der Waals surface area (Å²) in [5, 5.41) is 13.8. The second kappa shape index (κ2) is 7.46. The first-order valence-electron chi connectivity index (χ1n) is 6.55. The van der Waals surface area contributed by atoms with Crippen LogP contribution in [0.2, 0.25) is 0 Å². The monoisotopic (exact) mass is 281 g/mol. The zero-order valence-corrected chi connectivity index (χ0v) is 12.7. The highest BCUT2D eigenvalue weighted by Gasteiger charge is 2.17. The molecule has 1 amide bonds. The molecule has 0 aliphatic carbocycles. The Bertz CT molecular complexity index is 435. The van der Waals surface area contributed by atoms with Crippen LogP contribution in [0.1, 0.15) is 37.1 Å². The van der Waals surface area contributed by atoms with Gasteiger partial charge in [0.05, 0.1) is 0 Å². The Morgan fingerprint density at radius 3 is 2.84 bits per heavy atom. The van der Waals surface area contributed by atoms with E-state index in [1.807, 2.05) is 24.4 Å². The van der Waals surface area contributed by atoms with Crippen LogP contribution < -0.4 is 5.32 Å². The minimum Gasteiger partial charge on any atom is -0.396 e. The van der Waals surface area contributed by atoms with Gasteiger partial charge in [0.25, 0.3) is 0 Å². The molecule has 0 radical (unpaired) electrons. The molecule has 4 heteroatoms. The van der Waals surface area contributed by atoms with Crippen molar-refractivity contribution in [1.82, 2.24) is 5.32 Å². The van der Waals surface area contributed by atoms with Gasteiger partial charge in [0.2, 0.25) is 5.91 Å². The van der Waals surface area contributed by atoms with Gasteiger partial charge in [-0.15, -0.1) is 11.3 Å². The molecule has 0 spiro atoms. The molecule has 19 heavy (non-hydrogen) atoms. The van der Waals surface area contributed by atoms with Crippen molar-refractivity contribution in [2.45, 2.75) is 33.6 Å². The molecular weight excluding hydrogens is 258 g/mol. The van der Waals surface area contributed by atoms with E-state index in [9.17, 15) is 4.79 Å². The fourth-order valence-electron chi connectivity index (χ4n) is 1.74. The van der Waals surface area contributed by atoms with Crippen molar-refractivity contribution in [3.8, 4) is 0 Å². The summed E-state index contributed by atoms with van der Waals surface area (Å²) in [7, 11) is 0. The molecule has 0 aliphatic rings. The lowest BCUT2D eigenvalue weighted by Gasteiger charge is -2.24. The number of hydrogen-bond donors (Lipinski definition) is 2. The van der Waals surface area contributed by atoms with Crippen LogP contribution in [-0.2, 0) is 4.79 Å². The van der Waals surface area contributed by atoms with E-state index in [0.29, 0.717) is 6.54 Å². The Kier molecular flexibility index (Phi) is 6.25. The molecule has 0 saturated heterocycles. The van der Waals surface area contributed by atoms with E-state index in [0.717, 1.165) is 17.7 Å². The number of aliphatic hydroxyl groups excluding tert-OH is 1. The first-order valence-corrected chi connectivity index (χ1v) is 7.43. The maximum absolute atomic E-state index is 11.7. The molecule has 0 unspecified atom stereocenters. The van der Waals surface area contributed by atoms with Crippen molar-refractivity contribution in [1.29, 1.82) is 0 Å². The van der Waals surface area contributed by atoms with Gasteiger partial charge in [0.15, 0.2) is 0 Å². The molecule has 0 atom stereocenters. The van der Waals surface area contributed by atoms with E-state index < -0.39 is 0 Å². The Morgan fingerprint density at radius 2 is 2.26 bits per heavy atom. The summed E-state index contributed by atoms with van der Waals surface area (Å²) >= 11 is 1.63.